The molecule has 108 valence electrons. The smallest absolute Gasteiger partial charge is 0.306 e. The number of hydrogen-bond donors (Lipinski definition) is 0. The molecule has 2 amide bonds. The largest absolute Gasteiger partial charge is 0.469 e. The van der Waals surface area contributed by atoms with Crippen molar-refractivity contribution < 1.29 is 19.1 Å². The lowest BCUT2D eigenvalue weighted by atomic mass is 10.2. The zero-order valence-electron chi connectivity index (χ0n) is 11.7. The van der Waals surface area contributed by atoms with Crippen molar-refractivity contribution in [2.24, 2.45) is 0 Å². The van der Waals surface area contributed by atoms with Gasteiger partial charge in [-0.15, -0.1) is 0 Å². The van der Waals surface area contributed by atoms with E-state index in [0.29, 0.717) is 32.6 Å². The topological polar surface area (TPSA) is 66.9 Å². The van der Waals surface area contributed by atoms with E-state index in [9.17, 15) is 14.4 Å². The molecule has 1 heterocycles. The molecule has 6 heteroatoms. The standard InChI is InChI=1S/C13H22N2O4/c1-3-4-11(16)14-7-9-15(10-8-14)12(17)5-6-13(18)19-2/h3-10H2,1-2H3. The first kappa shape index (κ1) is 15.5. The van der Waals surface area contributed by atoms with Crippen LogP contribution in [0.1, 0.15) is 32.6 Å². The molecule has 0 unspecified atom stereocenters. The Morgan fingerprint density at radius 1 is 0.895 bits per heavy atom. The first-order valence-electron chi connectivity index (χ1n) is 6.70. The van der Waals surface area contributed by atoms with Gasteiger partial charge in [-0.2, -0.15) is 0 Å². The van der Waals surface area contributed by atoms with Gasteiger partial charge in [-0.25, -0.2) is 0 Å². The average Bonchev–Trinajstić information content (AvgIpc) is 2.44. The molecule has 1 rings (SSSR count). The number of carbonyl (C=O) groups is 3. The van der Waals surface area contributed by atoms with Gasteiger partial charge in [0.15, 0.2) is 0 Å². The summed E-state index contributed by atoms with van der Waals surface area (Å²) in [5.74, 6) is -0.262. The van der Waals surface area contributed by atoms with E-state index in [1.54, 1.807) is 9.80 Å². The van der Waals surface area contributed by atoms with Crippen LogP contribution < -0.4 is 0 Å². The molecule has 0 spiro atoms. The summed E-state index contributed by atoms with van der Waals surface area (Å²) in [5.41, 5.74) is 0. The molecule has 0 atom stereocenters. The molecule has 0 aromatic carbocycles. The van der Waals surface area contributed by atoms with Crippen LogP contribution in [0.2, 0.25) is 0 Å². The van der Waals surface area contributed by atoms with Gasteiger partial charge in [0.2, 0.25) is 11.8 Å². The van der Waals surface area contributed by atoms with Crippen molar-refractivity contribution in [3.8, 4) is 0 Å². The predicted octanol–water partition coefficient (Wildman–Crippen LogP) is 0.410. The average molecular weight is 270 g/mol. The van der Waals surface area contributed by atoms with Crippen LogP contribution in [0.5, 0.6) is 0 Å². The maximum atomic E-state index is 11.8. The molecule has 1 aliphatic heterocycles. The van der Waals surface area contributed by atoms with Crippen molar-refractivity contribution in [1.29, 1.82) is 0 Å². The van der Waals surface area contributed by atoms with E-state index in [-0.39, 0.29) is 30.6 Å². The lowest BCUT2D eigenvalue weighted by molar-refractivity contribution is -0.144. The Bertz CT molecular complexity index is 336. The van der Waals surface area contributed by atoms with Gasteiger partial charge in [0, 0.05) is 39.0 Å². The van der Waals surface area contributed by atoms with Gasteiger partial charge in [-0.1, -0.05) is 6.92 Å². The van der Waals surface area contributed by atoms with Gasteiger partial charge in [0.1, 0.15) is 0 Å². The molecule has 1 saturated heterocycles. The molecule has 1 aliphatic rings. The van der Waals surface area contributed by atoms with Crippen molar-refractivity contribution >= 4 is 17.8 Å². The lowest BCUT2D eigenvalue weighted by Crippen LogP contribution is -2.50. The Morgan fingerprint density at radius 2 is 1.37 bits per heavy atom. The number of carbonyl (C=O) groups excluding carboxylic acids is 3. The van der Waals surface area contributed by atoms with Gasteiger partial charge in [-0.05, 0) is 6.42 Å². The minimum atomic E-state index is -0.370. The second-order valence-electron chi connectivity index (χ2n) is 4.59. The first-order valence-corrected chi connectivity index (χ1v) is 6.70. The number of methoxy groups -OCH3 is 1. The minimum absolute atomic E-state index is 0.0482. The highest BCUT2D eigenvalue weighted by molar-refractivity contribution is 5.82. The third kappa shape index (κ3) is 4.89. The highest BCUT2D eigenvalue weighted by Gasteiger charge is 2.23. The van der Waals surface area contributed by atoms with Gasteiger partial charge < -0.3 is 14.5 Å². The van der Waals surface area contributed by atoms with Crippen LogP contribution in [0, 0.1) is 0 Å². The second-order valence-corrected chi connectivity index (χ2v) is 4.59. The van der Waals surface area contributed by atoms with E-state index in [1.807, 2.05) is 6.92 Å². The van der Waals surface area contributed by atoms with Gasteiger partial charge in [-0.3, -0.25) is 14.4 Å². The number of esters is 1. The van der Waals surface area contributed by atoms with Crippen LogP contribution in [0.25, 0.3) is 0 Å². The molecular weight excluding hydrogens is 248 g/mol. The Hall–Kier alpha value is -1.59. The van der Waals surface area contributed by atoms with E-state index in [0.717, 1.165) is 6.42 Å². The molecule has 0 aromatic rings. The summed E-state index contributed by atoms with van der Waals surface area (Å²) in [6, 6.07) is 0. The van der Waals surface area contributed by atoms with Gasteiger partial charge in [0.05, 0.1) is 13.5 Å². The fourth-order valence-corrected chi connectivity index (χ4v) is 2.05. The summed E-state index contributed by atoms with van der Waals surface area (Å²) in [7, 11) is 1.31. The second kappa shape index (κ2) is 7.76. The third-order valence-corrected chi connectivity index (χ3v) is 3.22. The van der Waals surface area contributed by atoms with Crippen LogP contribution in [0.3, 0.4) is 0 Å². The van der Waals surface area contributed by atoms with Crippen molar-refractivity contribution in [2.45, 2.75) is 32.6 Å². The van der Waals surface area contributed by atoms with E-state index in [4.69, 9.17) is 0 Å². The fraction of sp³-hybridized carbons (Fsp3) is 0.769. The Labute approximate surface area is 113 Å². The zero-order chi connectivity index (χ0) is 14.3. The molecule has 0 aromatic heterocycles. The molecule has 19 heavy (non-hydrogen) atoms. The molecule has 6 nitrogen and oxygen atoms in total. The van der Waals surface area contributed by atoms with Crippen LogP contribution in [-0.4, -0.2) is 60.9 Å². The number of rotatable bonds is 5. The summed E-state index contributed by atoms with van der Waals surface area (Å²) in [5, 5.41) is 0. The van der Waals surface area contributed by atoms with Crippen molar-refractivity contribution in [3.63, 3.8) is 0 Å². The van der Waals surface area contributed by atoms with Gasteiger partial charge >= 0.3 is 5.97 Å². The van der Waals surface area contributed by atoms with Crippen molar-refractivity contribution in [2.75, 3.05) is 33.3 Å². The summed E-state index contributed by atoms with van der Waals surface area (Å²) in [6.45, 7) is 4.25. The Balaban J connectivity index is 2.31. The lowest BCUT2D eigenvalue weighted by Gasteiger charge is -2.34. The zero-order valence-corrected chi connectivity index (χ0v) is 11.7. The summed E-state index contributed by atoms with van der Waals surface area (Å²) >= 11 is 0. The van der Waals surface area contributed by atoms with Crippen LogP contribution in [0.4, 0.5) is 0 Å². The first-order chi connectivity index (χ1) is 9.08. The van der Waals surface area contributed by atoms with E-state index >= 15 is 0 Å². The molecule has 0 bridgehead atoms. The highest BCUT2D eigenvalue weighted by Crippen LogP contribution is 2.07. The number of ether oxygens (including phenoxy) is 1. The predicted molar refractivity (Wildman–Crippen MR) is 69.3 cm³/mol. The minimum Gasteiger partial charge on any atom is -0.469 e. The normalized spacial score (nSPS) is 15.3. The number of hydrogen-bond acceptors (Lipinski definition) is 4. The van der Waals surface area contributed by atoms with Crippen molar-refractivity contribution in [1.82, 2.24) is 9.80 Å². The van der Waals surface area contributed by atoms with Gasteiger partial charge in [0.25, 0.3) is 0 Å². The summed E-state index contributed by atoms with van der Waals surface area (Å²) < 4.78 is 4.50. The molecule has 0 radical (unpaired) electrons. The van der Waals surface area contributed by atoms with Crippen molar-refractivity contribution in [3.05, 3.63) is 0 Å². The summed E-state index contributed by atoms with van der Waals surface area (Å²) in [4.78, 5) is 38.0. The molecule has 0 N–H and O–H groups in total. The van der Waals surface area contributed by atoms with Crippen LogP contribution in [0.15, 0.2) is 0 Å². The van der Waals surface area contributed by atoms with Crippen LogP contribution in [-0.2, 0) is 19.1 Å². The maximum absolute atomic E-state index is 11.8. The molecule has 0 saturated carbocycles. The quantitative estimate of drug-likeness (QED) is 0.679. The monoisotopic (exact) mass is 270 g/mol. The Kier molecular flexibility index (Phi) is 6.32. The summed E-state index contributed by atoms with van der Waals surface area (Å²) in [6.07, 6.45) is 1.70. The third-order valence-electron chi connectivity index (χ3n) is 3.22. The SMILES string of the molecule is CCCC(=O)N1CCN(C(=O)CCC(=O)OC)CC1. The van der Waals surface area contributed by atoms with E-state index in [1.165, 1.54) is 7.11 Å². The fourth-order valence-electron chi connectivity index (χ4n) is 2.05. The molecule has 1 fully saturated rings. The highest BCUT2D eigenvalue weighted by atomic mass is 16.5. The van der Waals surface area contributed by atoms with E-state index < -0.39 is 0 Å². The maximum Gasteiger partial charge on any atom is 0.306 e. The van der Waals surface area contributed by atoms with Crippen LogP contribution >= 0.6 is 0 Å². The molecular formula is C13H22N2O4. The number of piperazine rings is 1. The van der Waals surface area contributed by atoms with E-state index in [2.05, 4.69) is 4.74 Å². The molecule has 0 aliphatic carbocycles. The Morgan fingerprint density at radius 3 is 1.79 bits per heavy atom. The number of nitrogens with zero attached hydrogens (tertiary/aromatic N) is 2. The number of amides is 2.